The van der Waals surface area contributed by atoms with Crippen LogP contribution in [0.2, 0.25) is 0 Å². The van der Waals surface area contributed by atoms with Crippen molar-refractivity contribution in [3.05, 3.63) is 42.2 Å². The van der Waals surface area contributed by atoms with Crippen molar-refractivity contribution >= 4 is 22.0 Å². The van der Waals surface area contributed by atoms with Gasteiger partial charge in [-0.15, -0.1) is 0 Å². The molecule has 0 radical (unpaired) electrons. The Morgan fingerprint density at radius 1 is 1.32 bits per heavy atom. The number of hydrogen-bond donors (Lipinski definition) is 2. The molecule has 2 N–H and O–H groups in total. The molecular formula is C21H24FNO7S. The molecule has 168 valence electrons. The zero-order valence-electron chi connectivity index (χ0n) is 16.9. The van der Waals surface area contributed by atoms with Crippen molar-refractivity contribution in [1.82, 2.24) is 5.32 Å². The largest absolute Gasteiger partial charge is 0.453 e. The summed E-state index contributed by atoms with van der Waals surface area (Å²) in [6, 6.07) is 4.18. The van der Waals surface area contributed by atoms with Gasteiger partial charge in [-0.1, -0.05) is 12.2 Å². The maximum atomic E-state index is 13.0. The molecule has 5 unspecified atom stereocenters. The van der Waals surface area contributed by atoms with E-state index in [-0.39, 0.29) is 23.8 Å². The molecule has 8 nitrogen and oxygen atoms in total. The van der Waals surface area contributed by atoms with Crippen LogP contribution in [0.1, 0.15) is 32.6 Å². The first-order chi connectivity index (χ1) is 14.6. The van der Waals surface area contributed by atoms with Gasteiger partial charge in [0.2, 0.25) is 11.4 Å². The number of benzene rings is 1. The molecule has 2 heterocycles. The maximum Gasteiger partial charge on any atom is 0.339 e. The smallest absolute Gasteiger partial charge is 0.339 e. The second kappa shape index (κ2) is 7.68. The van der Waals surface area contributed by atoms with Crippen molar-refractivity contribution in [1.29, 1.82) is 0 Å². The lowest BCUT2D eigenvalue weighted by molar-refractivity contribution is -0.238. The molecule has 31 heavy (non-hydrogen) atoms. The molecule has 5 atom stereocenters. The predicted octanol–water partition coefficient (Wildman–Crippen LogP) is 1.44. The number of allylic oxidation sites excluding steroid dienone is 1. The van der Waals surface area contributed by atoms with Crippen LogP contribution in [0.3, 0.4) is 0 Å². The molecule has 3 aliphatic rings. The van der Waals surface area contributed by atoms with Crippen LogP contribution in [0.4, 0.5) is 4.39 Å². The Hall–Kier alpha value is -2.30. The SMILES string of the molecule is CC12OC(=O)C1(C(O)C1C=CCCC1)NC(=O)C2CCOS(=O)(=O)c1ccc(F)cc1. The summed E-state index contributed by atoms with van der Waals surface area (Å²) >= 11 is 0. The summed E-state index contributed by atoms with van der Waals surface area (Å²) in [6.07, 6.45) is 5.03. The Balaban J connectivity index is 1.48. The Labute approximate surface area is 179 Å². The van der Waals surface area contributed by atoms with Gasteiger partial charge in [-0.25, -0.2) is 9.18 Å². The first kappa shape index (κ1) is 21.9. The van der Waals surface area contributed by atoms with E-state index in [1.165, 1.54) is 0 Å². The number of carbonyl (C=O) groups excluding carboxylic acids is 2. The Morgan fingerprint density at radius 2 is 2.03 bits per heavy atom. The van der Waals surface area contributed by atoms with E-state index in [9.17, 15) is 27.5 Å². The van der Waals surface area contributed by atoms with Crippen molar-refractivity contribution in [2.24, 2.45) is 11.8 Å². The van der Waals surface area contributed by atoms with E-state index in [1.807, 2.05) is 12.2 Å². The zero-order valence-corrected chi connectivity index (χ0v) is 17.7. The summed E-state index contributed by atoms with van der Waals surface area (Å²) in [5.74, 6) is -2.97. The van der Waals surface area contributed by atoms with Crippen LogP contribution in [-0.4, -0.2) is 49.3 Å². The van der Waals surface area contributed by atoms with Crippen molar-refractivity contribution in [3.8, 4) is 0 Å². The zero-order chi connectivity index (χ0) is 22.4. The molecule has 0 saturated carbocycles. The Bertz CT molecular complexity index is 1020. The van der Waals surface area contributed by atoms with Crippen LogP contribution in [0.25, 0.3) is 0 Å². The number of aliphatic hydroxyl groups is 1. The van der Waals surface area contributed by atoms with Gasteiger partial charge < -0.3 is 15.2 Å². The minimum absolute atomic E-state index is 0.0506. The molecule has 0 aromatic heterocycles. The van der Waals surface area contributed by atoms with Gasteiger partial charge in [0.15, 0.2) is 5.60 Å². The Kier molecular flexibility index (Phi) is 5.43. The summed E-state index contributed by atoms with van der Waals surface area (Å²) in [6.45, 7) is 1.22. The average Bonchev–Trinajstić information content (AvgIpc) is 2.91. The van der Waals surface area contributed by atoms with E-state index < -0.39 is 51.0 Å². The third-order valence-electron chi connectivity index (χ3n) is 6.60. The number of halogens is 1. The number of hydrogen-bond acceptors (Lipinski definition) is 7. The summed E-state index contributed by atoms with van der Waals surface area (Å²) < 4.78 is 48.0. The quantitative estimate of drug-likeness (QED) is 0.364. The number of aliphatic hydroxyl groups excluding tert-OH is 1. The van der Waals surface area contributed by atoms with Crippen LogP contribution in [0.15, 0.2) is 41.3 Å². The molecule has 0 spiro atoms. The fourth-order valence-corrected chi connectivity index (χ4v) is 5.75. The van der Waals surface area contributed by atoms with Crippen LogP contribution in [-0.2, 0) is 28.6 Å². The third-order valence-corrected chi connectivity index (χ3v) is 7.93. The van der Waals surface area contributed by atoms with Crippen molar-refractivity contribution in [2.45, 2.75) is 54.7 Å². The number of rotatable bonds is 7. The highest BCUT2D eigenvalue weighted by molar-refractivity contribution is 7.86. The Morgan fingerprint density at radius 3 is 2.65 bits per heavy atom. The lowest BCUT2D eigenvalue weighted by Crippen LogP contribution is -2.80. The number of amides is 1. The van der Waals surface area contributed by atoms with Crippen LogP contribution in [0.5, 0.6) is 0 Å². The first-order valence-corrected chi connectivity index (χ1v) is 11.6. The minimum atomic E-state index is -4.14. The topological polar surface area (TPSA) is 119 Å². The van der Waals surface area contributed by atoms with Gasteiger partial charge in [0, 0.05) is 5.92 Å². The molecule has 2 fully saturated rings. The summed E-state index contributed by atoms with van der Waals surface area (Å²) in [4.78, 5) is 25.0. The highest BCUT2D eigenvalue weighted by atomic mass is 32.2. The fraction of sp³-hybridized carbons (Fsp3) is 0.524. The fourth-order valence-electron chi connectivity index (χ4n) is 4.83. The van der Waals surface area contributed by atoms with Crippen LogP contribution < -0.4 is 5.32 Å². The van der Waals surface area contributed by atoms with Crippen LogP contribution in [0, 0.1) is 17.7 Å². The second-order valence-electron chi connectivity index (χ2n) is 8.33. The highest BCUT2D eigenvalue weighted by Gasteiger charge is 2.79. The van der Waals surface area contributed by atoms with Gasteiger partial charge in [0.05, 0.1) is 23.5 Å². The molecule has 1 aromatic carbocycles. The first-order valence-electron chi connectivity index (χ1n) is 10.2. The van der Waals surface area contributed by atoms with Gasteiger partial charge in [0.25, 0.3) is 10.1 Å². The molecule has 1 aliphatic carbocycles. The molecule has 1 aromatic rings. The summed E-state index contributed by atoms with van der Waals surface area (Å²) in [5.41, 5.74) is -2.90. The summed E-state index contributed by atoms with van der Waals surface area (Å²) in [7, 11) is -4.14. The molecule has 10 heteroatoms. The standard InChI is InChI=1S/C21H24FNO7S/c1-20-16(11-12-29-31(27,28)15-9-7-14(22)8-10-15)18(25)23-21(20,19(26)30-20)17(24)13-5-3-2-4-6-13/h3,5,7-10,13,16-17,24H,2,4,6,11-12H2,1H3,(H,23,25). The molecule has 0 bridgehead atoms. The monoisotopic (exact) mass is 453 g/mol. The number of ether oxygens (including phenoxy) is 1. The van der Waals surface area contributed by atoms with Crippen molar-refractivity contribution in [3.63, 3.8) is 0 Å². The van der Waals surface area contributed by atoms with E-state index in [1.54, 1.807) is 6.92 Å². The van der Waals surface area contributed by atoms with E-state index >= 15 is 0 Å². The van der Waals surface area contributed by atoms with E-state index in [4.69, 9.17) is 8.92 Å². The number of carbonyl (C=O) groups is 2. The lowest BCUT2D eigenvalue weighted by atomic mass is 9.64. The van der Waals surface area contributed by atoms with E-state index in [0.29, 0.717) is 6.42 Å². The highest BCUT2D eigenvalue weighted by Crippen LogP contribution is 2.53. The minimum Gasteiger partial charge on any atom is -0.453 e. The van der Waals surface area contributed by atoms with Gasteiger partial charge >= 0.3 is 5.97 Å². The van der Waals surface area contributed by atoms with Crippen molar-refractivity contribution in [2.75, 3.05) is 6.61 Å². The molecule has 4 rings (SSSR count). The van der Waals surface area contributed by atoms with E-state index in [0.717, 1.165) is 37.1 Å². The van der Waals surface area contributed by atoms with Gasteiger partial charge in [-0.2, -0.15) is 8.42 Å². The summed E-state index contributed by atoms with van der Waals surface area (Å²) in [5, 5.41) is 13.7. The molecule has 1 amide bonds. The second-order valence-corrected chi connectivity index (χ2v) is 9.95. The van der Waals surface area contributed by atoms with Gasteiger partial charge in [-0.3, -0.25) is 8.98 Å². The van der Waals surface area contributed by atoms with Gasteiger partial charge in [0.1, 0.15) is 5.82 Å². The van der Waals surface area contributed by atoms with Crippen LogP contribution >= 0.6 is 0 Å². The van der Waals surface area contributed by atoms with Crippen molar-refractivity contribution < 1.29 is 36.4 Å². The maximum absolute atomic E-state index is 13.0. The molecule has 2 saturated heterocycles. The van der Waals surface area contributed by atoms with Gasteiger partial charge in [-0.05, 0) is 56.9 Å². The molecule has 2 aliphatic heterocycles. The number of esters is 1. The lowest BCUT2D eigenvalue weighted by Gasteiger charge is -2.54. The van der Waals surface area contributed by atoms with E-state index in [2.05, 4.69) is 5.32 Å². The normalized spacial score (nSPS) is 33.3. The third kappa shape index (κ3) is 3.37. The molecular weight excluding hydrogens is 429 g/mol. The average molecular weight is 453 g/mol. The number of fused-ring (bicyclic) bond motifs is 1. The predicted molar refractivity (Wildman–Crippen MR) is 106 cm³/mol. The number of nitrogens with one attached hydrogen (secondary N) is 1.